The van der Waals surface area contributed by atoms with Crippen LogP contribution in [0.4, 0.5) is 5.82 Å². The molecule has 0 aliphatic carbocycles. The molecule has 2 heterocycles. The fourth-order valence-electron chi connectivity index (χ4n) is 2.16. The number of amides is 1. The smallest absolute Gasteiger partial charge is 0.225 e. The standard InChI is InChI=1S/C12H20N4O/c1-9-8-11(16-15-9)14-12(17)6-5-10-4-2-3-7-13-10/h8,10,13H,2-7H2,1H3,(H2,14,15,16,17). The average Bonchev–Trinajstić information content (AvgIpc) is 2.73. The Kier molecular flexibility index (Phi) is 4.14. The van der Waals surface area contributed by atoms with Crippen molar-refractivity contribution in [3.05, 3.63) is 11.8 Å². The van der Waals surface area contributed by atoms with E-state index in [2.05, 4.69) is 20.8 Å². The molecule has 1 aromatic heterocycles. The van der Waals surface area contributed by atoms with E-state index in [0.717, 1.165) is 18.7 Å². The number of piperidine rings is 1. The predicted octanol–water partition coefficient (Wildman–Crippen LogP) is 1.58. The fourth-order valence-corrected chi connectivity index (χ4v) is 2.16. The molecule has 1 aliphatic heterocycles. The number of anilines is 1. The minimum atomic E-state index is 0.0453. The van der Waals surface area contributed by atoms with Gasteiger partial charge in [0.15, 0.2) is 5.82 Å². The van der Waals surface area contributed by atoms with Crippen molar-refractivity contribution in [1.29, 1.82) is 0 Å². The largest absolute Gasteiger partial charge is 0.314 e. The molecular formula is C12H20N4O. The molecule has 1 aromatic rings. The average molecular weight is 236 g/mol. The Morgan fingerprint density at radius 2 is 2.47 bits per heavy atom. The van der Waals surface area contributed by atoms with E-state index in [9.17, 15) is 4.79 Å². The predicted molar refractivity (Wildman–Crippen MR) is 66.8 cm³/mol. The van der Waals surface area contributed by atoms with E-state index in [1.165, 1.54) is 19.3 Å². The lowest BCUT2D eigenvalue weighted by Gasteiger charge is -2.22. The fraction of sp³-hybridized carbons (Fsp3) is 0.667. The van der Waals surface area contributed by atoms with Crippen LogP contribution < -0.4 is 10.6 Å². The minimum absolute atomic E-state index is 0.0453. The molecule has 1 unspecified atom stereocenters. The van der Waals surface area contributed by atoms with Gasteiger partial charge in [-0.15, -0.1) is 0 Å². The highest BCUT2D eigenvalue weighted by Crippen LogP contribution is 2.12. The number of aryl methyl sites for hydroxylation is 1. The SMILES string of the molecule is Cc1cc(NC(=O)CCC2CCCCN2)n[nH]1. The molecule has 0 saturated carbocycles. The zero-order valence-electron chi connectivity index (χ0n) is 10.3. The van der Waals surface area contributed by atoms with Crippen LogP contribution in [0, 0.1) is 6.92 Å². The van der Waals surface area contributed by atoms with Gasteiger partial charge in [0.2, 0.25) is 5.91 Å². The van der Waals surface area contributed by atoms with Crippen molar-refractivity contribution in [2.24, 2.45) is 0 Å². The maximum Gasteiger partial charge on any atom is 0.225 e. The van der Waals surface area contributed by atoms with Crippen LogP contribution in [0.15, 0.2) is 6.07 Å². The Bertz CT molecular complexity index is 368. The first kappa shape index (κ1) is 12.1. The number of nitrogens with one attached hydrogen (secondary N) is 3. The summed E-state index contributed by atoms with van der Waals surface area (Å²) in [6.45, 7) is 3.00. The lowest BCUT2D eigenvalue weighted by molar-refractivity contribution is -0.116. The van der Waals surface area contributed by atoms with Crippen molar-refractivity contribution in [1.82, 2.24) is 15.5 Å². The van der Waals surface area contributed by atoms with Crippen molar-refractivity contribution in [2.75, 3.05) is 11.9 Å². The molecule has 1 amide bonds. The molecule has 1 aliphatic rings. The van der Waals surface area contributed by atoms with Crippen LogP contribution in [0.25, 0.3) is 0 Å². The zero-order valence-corrected chi connectivity index (χ0v) is 10.3. The molecule has 0 spiro atoms. The number of hydrogen-bond acceptors (Lipinski definition) is 3. The first-order valence-corrected chi connectivity index (χ1v) is 6.29. The minimum Gasteiger partial charge on any atom is -0.314 e. The van der Waals surface area contributed by atoms with Crippen LogP contribution >= 0.6 is 0 Å². The lowest BCUT2D eigenvalue weighted by Crippen LogP contribution is -2.34. The van der Waals surface area contributed by atoms with Gasteiger partial charge in [-0.2, -0.15) is 5.10 Å². The summed E-state index contributed by atoms with van der Waals surface area (Å²) >= 11 is 0. The van der Waals surface area contributed by atoms with Gasteiger partial charge in [-0.3, -0.25) is 9.89 Å². The van der Waals surface area contributed by atoms with E-state index in [1.807, 2.05) is 13.0 Å². The Labute approximate surface area is 101 Å². The second kappa shape index (κ2) is 5.82. The first-order valence-electron chi connectivity index (χ1n) is 6.29. The number of carbonyl (C=O) groups is 1. The van der Waals surface area contributed by atoms with Gasteiger partial charge in [-0.05, 0) is 32.7 Å². The van der Waals surface area contributed by atoms with Crippen LogP contribution in [0.1, 0.15) is 37.8 Å². The molecule has 0 aromatic carbocycles. The molecule has 17 heavy (non-hydrogen) atoms. The van der Waals surface area contributed by atoms with E-state index in [0.29, 0.717) is 18.3 Å². The number of H-pyrrole nitrogens is 1. The normalized spacial score (nSPS) is 20.2. The van der Waals surface area contributed by atoms with Crippen LogP contribution in [-0.4, -0.2) is 28.7 Å². The van der Waals surface area contributed by atoms with E-state index in [1.54, 1.807) is 0 Å². The zero-order chi connectivity index (χ0) is 12.1. The van der Waals surface area contributed by atoms with Crippen molar-refractivity contribution in [3.63, 3.8) is 0 Å². The highest BCUT2D eigenvalue weighted by Gasteiger charge is 2.14. The third-order valence-corrected chi connectivity index (χ3v) is 3.11. The van der Waals surface area contributed by atoms with Crippen molar-refractivity contribution < 1.29 is 4.79 Å². The molecular weight excluding hydrogens is 216 g/mol. The highest BCUT2D eigenvalue weighted by molar-refractivity contribution is 5.89. The first-order chi connectivity index (χ1) is 8.24. The van der Waals surface area contributed by atoms with E-state index in [4.69, 9.17) is 0 Å². The maximum absolute atomic E-state index is 11.7. The third kappa shape index (κ3) is 3.85. The number of rotatable bonds is 4. The molecule has 94 valence electrons. The van der Waals surface area contributed by atoms with Gasteiger partial charge in [0, 0.05) is 24.2 Å². The number of aromatic amines is 1. The number of aromatic nitrogens is 2. The summed E-state index contributed by atoms with van der Waals surface area (Å²) in [5, 5.41) is 13.0. The summed E-state index contributed by atoms with van der Waals surface area (Å²) in [4.78, 5) is 11.7. The summed E-state index contributed by atoms with van der Waals surface area (Å²) in [6.07, 6.45) is 5.20. The van der Waals surface area contributed by atoms with E-state index < -0.39 is 0 Å². The summed E-state index contributed by atoms with van der Waals surface area (Å²) in [7, 11) is 0. The monoisotopic (exact) mass is 236 g/mol. The lowest BCUT2D eigenvalue weighted by atomic mass is 10.0. The quantitative estimate of drug-likeness (QED) is 0.743. The Hall–Kier alpha value is -1.36. The topological polar surface area (TPSA) is 69.8 Å². The molecule has 5 nitrogen and oxygen atoms in total. The van der Waals surface area contributed by atoms with Crippen molar-refractivity contribution >= 4 is 11.7 Å². The van der Waals surface area contributed by atoms with Crippen molar-refractivity contribution in [3.8, 4) is 0 Å². The molecule has 1 fully saturated rings. The van der Waals surface area contributed by atoms with E-state index in [-0.39, 0.29) is 5.91 Å². The molecule has 3 N–H and O–H groups in total. The van der Waals surface area contributed by atoms with E-state index >= 15 is 0 Å². The Morgan fingerprint density at radius 1 is 1.59 bits per heavy atom. The third-order valence-electron chi connectivity index (χ3n) is 3.11. The number of nitrogens with zero attached hydrogens (tertiary/aromatic N) is 1. The van der Waals surface area contributed by atoms with Crippen LogP contribution in [0.5, 0.6) is 0 Å². The Morgan fingerprint density at radius 3 is 3.12 bits per heavy atom. The number of hydrogen-bond donors (Lipinski definition) is 3. The molecule has 0 radical (unpaired) electrons. The highest BCUT2D eigenvalue weighted by atomic mass is 16.1. The van der Waals surface area contributed by atoms with Gasteiger partial charge >= 0.3 is 0 Å². The van der Waals surface area contributed by atoms with Gasteiger partial charge in [0.05, 0.1) is 0 Å². The van der Waals surface area contributed by atoms with Gasteiger partial charge in [-0.25, -0.2) is 0 Å². The Balaban J connectivity index is 1.70. The van der Waals surface area contributed by atoms with Crippen LogP contribution in [0.2, 0.25) is 0 Å². The second-order valence-corrected chi connectivity index (χ2v) is 4.67. The van der Waals surface area contributed by atoms with Crippen LogP contribution in [0.3, 0.4) is 0 Å². The molecule has 1 atom stereocenters. The van der Waals surface area contributed by atoms with Gasteiger partial charge in [0.1, 0.15) is 0 Å². The van der Waals surface area contributed by atoms with Crippen molar-refractivity contribution in [2.45, 2.75) is 45.1 Å². The number of carbonyl (C=O) groups excluding carboxylic acids is 1. The van der Waals surface area contributed by atoms with Crippen LogP contribution in [-0.2, 0) is 4.79 Å². The molecule has 5 heteroatoms. The van der Waals surface area contributed by atoms with Gasteiger partial charge in [0.25, 0.3) is 0 Å². The summed E-state index contributed by atoms with van der Waals surface area (Å²) in [5.74, 6) is 0.660. The maximum atomic E-state index is 11.7. The summed E-state index contributed by atoms with van der Waals surface area (Å²) in [6, 6.07) is 2.34. The summed E-state index contributed by atoms with van der Waals surface area (Å²) in [5.41, 5.74) is 0.953. The molecule has 0 bridgehead atoms. The van der Waals surface area contributed by atoms with Gasteiger partial charge < -0.3 is 10.6 Å². The second-order valence-electron chi connectivity index (χ2n) is 4.67. The molecule has 1 saturated heterocycles. The molecule has 2 rings (SSSR count). The van der Waals surface area contributed by atoms with Gasteiger partial charge in [-0.1, -0.05) is 6.42 Å². The summed E-state index contributed by atoms with van der Waals surface area (Å²) < 4.78 is 0.